The maximum absolute atomic E-state index is 14.0. The average molecular weight is 865 g/mol. The second kappa shape index (κ2) is 18.8. The van der Waals surface area contributed by atoms with Gasteiger partial charge in [-0.05, 0) is 89.6 Å². The fourth-order valence-corrected chi connectivity index (χ4v) is 9.43. The van der Waals surface area contributed by atoms with Crippen LogP contribution in [0.2, 0.25) is 0 Å². The van der Waals surface area contributed by atoms with Gasteiger partial charge in [-0.2, -0.15) is 0 Å². The summed E-state index contributed by atoms with van der Waals surface area (Å²) in [5.41, 5.74) is 6.42. The van der Waals surface area contributed by atoms with Crippen molar-refractivity contribution in [3.8, 4) is 33.6 Å². The van der Waals surface area contributed by atoms with Gasteiger partial charge in [-0.15, -0.1) is 0 Å². The molecule has 3 aliphatic heterocycles. The standard InChI is InChI=1S/C49H52N8O7/c1-62-48(60)54-42(32-8-4-3-5-9-32)46(58)56-22-7-11-41(56)45-51-29-39(53-45)37-19-18-35-26-34(16-17-36(35)27-37)30-12-14-31(15-13-30)38-28-50-44(52-38)40-10-6-23-57(40)47(59)43(55-49(61)63-2)33-20-24-64-25-21-33/h3-5,8-9,12-19,26-29,33,40-43H,6-7,10-11,20-25H2,1-2H3,(H,50,52)(H,51,53)(H,54,60)(H,55,61)/t40-,41?,42+,43-/m0/s1. The van der Waals surface area contributed by atoms with Crippen LogP contribution in [0, 0.1) is 5.92 Å². The van der Waals surface area contributed by atoms with Crippen molar-refractivity contribution in [2.45, 2.75) is 62.7 Å². The summed E-state index contributed by atoms with van der Waals surface area (Å²) in [5, 5.41) is 7.70. The van der Waals surface area contributed by atoms with E-state index in [0.717, 1.165) is 75.9 Å². The molecule has 0 bridgehead atoms. The molecular weight excluding hydrogens is 813 g/mol. The maximum atomic E-state index is 14.0. The Bertz CT molecular complexity index is 2620. The number of alkyl carbamates (subject to hydrolysis) is 2. The van der Waals surface area contributed by atoms with Gasteiger partial charge in [-0.1, -0.05) is 78.9 Å². The van der Waals surface area contributed by atoms with Gasteiger partial charge in [0.15, 0.2) is 0 Å². The Hall–Kier alpha value is -7.00. The van der Waals surface area contributed by atoms with Gasteiger partial charge >= 0.3 is 12.2 Å². The van der Waals surface area contributed by atoms with Gasteiger partial charge in [-0.25, -0.2) is 19.6 Å². The van der Waals surface area contributed by atoms with E-state index in [1.165, 1.54) is 14.2 Å². The van der Waals surface area contributed by atoms with Crippen molar-refractivity contribution in [1.82, 2.24) is 40.4 Å². The molecule has 1 unspecified atom stereocenters. The first-order chi connectivity index (χ1) is 31.3. The Morgan fingerprint density at radius 2 is 1.31 bits per heavy atom. The van der Waals surface area contributed by atoms with E-state index in [9.17, 15) is 19.2 Å². The molecule has 0 saturated carbocycles. The number of carbonyl (C=O) groups excluding carboxylic acids is 4. The Morgan fingerprint density at radius 1 is 0.703 bits per heavy atom. The first kappa shape index (κ1) is 42.3. The Balaban J connectivity index is 0.868. The van der Waals surface area contributed by atoms with Gasteiger partial charge < -0.3 is 44.6 Å². The lowest BCUT2D eigenvalue weighted by molar-refractivity contribution is -0.137. The zero-order valence-electron chi connectivity index (χ0n) is 35.9. The van der Waals surface area contributed by atoms with E-state index in [1.807, 2.05) is 47.6 Å². The summed E-state index contributed by atoms with van der Waals surface area (Å²) in [6.07, 6.45) is 6.99. The molecule has 9 rings (SSSR count). The Morgan fingerprint density at radius 3 is 2.02 bits per heavy atom. The Labute approximate surface area is 370 Å². The van der Waals surface area contributed by atoms with Crippen LogP contribution in [-0.4, -0.2) is 100 Å². The minimum Gasteiger partial charge on any atom is -0.453 e. The third-order valence-corrected chi connectivity index (χ3v) is 12.9. The third-order valence-electron chi connectivity index (χ3n) is 12.9. The summed E-state index contributed by atoms with van der Waals surface area (Å²) in [5.74, 6) is 1.08. The van der Waals surface area contributed by atoms with E-state index in [4.69, 9.17) is 24.2 Å². The normalized spacial score (nSPS) is 18.7. The second-order valence-electron chi connectivity index (χ2n) is 16.6. The molecule has 0 spiro atoms. The van der Waals surface area contributed by atoms with Crippen LogP contribution in [0.25, 0.3) is 44.4 Å². The molecule has 15 nitrogen and oxygen atoms in total. The number of aromatic amines is 2. The number of benzene rings is 4. The van der Waals surface area contributed by atoms with E-state index >= 15 is 0 Å². The molecule has 4 N–H and O–H groups in total. The van der Waals surface area contributed by atoms with Crippen LogP contribution in [0.1, 0.15) is 73.9 Å². The molecule has 3 aliphatic rings. The summed E-state index contributed by atoms with van der Waals surface area (Å²) in [6.45, 7) is 2.26. The minimum absolute atomic E-state index is 0.0296. The smallest absolute Gasteiger partial charge is 0.407 e. The zero-order chi connectivity index (χ0) is 44.2. The average Bonchev–Trinajstić information content (AvgIpc) is 4.20. The quantitative estimate of drug-likeness (QED) is 0.101. The van der Waals surface area contributed by atoms with E-state index in [-0.39, 0.29) is 29.8 Å². The number of methoxy groups -OCH3 is 2. The lowest BCUT2D eigenvalue weighted by Crippen LogP contribution is -2.53. The van der Waals surface area contributed by atoms with Gasteiger partial charge in [-0.3, -0.25) is 9.59 Å². The van der Waals surface area contributed by atoms with Crippen molar-refractivity contribution >= 4 is 34.8 Å². The van der Waals surface area contributed by atoms with Crippen molar-refractivity contribution in [3.63, 3.8) is 0 Å². The number of nitrogens with zero attached hydrogens (tertiary/aromatic N) is 4. The third kappa shape index (κ3) is 8.80. The first-order valence-corrected chi connectivity index (χ1v) is 22.0. The number of imidazole rings is 2. The Kier molecular flexibility index (Phi) is 12.4. The largest absolute Gasteiger partial charge is 0.453 e. The molecule has 4 atom stereocenters. The highest BCUT2D eigenvalue weighted by atomic mass is 16.5. The highest BCUT2D eigenvalue weighted by Gasteiger charge is 2.40. The predicted molar refractivity (Wildman–Crippen MR) is 240 cm³/mol. The number of hydrogen-bond donors (Lipinski definition) is 4. The van der Waals surface area contributed by atoms with Gasteiger partial charge in [0.05, 0.1) is 43.9 Å². The molecule has 6 aromatic rings. The molecule has 3 saturated heterocycles. The summed E-state index contributed by atoms with van der Waals surface area (Å²) in [4.78, 5) is 72.7. The van der Waals surface area contributed by atoms with Crippen LogP contribution in [0.15, 0.2) is 103 Å². The van der Waals surface area contributed by atoms with E-state index in [2.05, 4.69) is 81.3 Å². The molecule has 64 heavy (non-hydrogen) atoms. The molecule has 330 valence electrons. The molecule has 4 aromatic carbocycles. The lowest BCUT2D eigenvalue weighted by Gasteiger charge is -2.34. The van der Waals surface area contributed by atoms with Crippen LogP contribution < -0.4 is 10.6 Å². The van der Waals surface area contributed by atoms with Crippen molar-refractivity contribution in [2.24, 2.45) is 5.92 Å². The first-order valence-electron chi connectivity index (χ1n) is 22.0. The number of ether oxygens (including phenoxy) is 3. The molecule has 4 amide bonds. The lowest BCUT2D eigenvalue weighted by atomic mass is 9.90. The SMILES string of the molecule is COC(=O)N[C@H](C(=O)N1CCC[C@H]1c1ncc(-c2ccc(-c3ccc4cc(-c5c[nH]c(C6CCCN6C(=O)[C@H](NC(=O)OC)c6ccccc6)n5)ccc4c3)cc2)[nH]1)C1CCOCC1. The van der Waals surface area contributed by atoms with Crippen molar-refractivity contribution < 1.29 is 33.4 Å². The summed E-state index contributed by atoms with van der Waals surface area (Å²) >= 11 is 0. The van der Waals surface area contributed by atoms with Gasteiger partial charge in [0.2, 0.25) is 5.91 Å². The van der Waals surface area contributed by atoms with Crippen molar-refractivity contribution in [2.75, 3.05) is 40.5 Å². The fourth-order valence-electron chi connectivity index (χ4n) is 9.43. The molecule has 2 aromatic heterocycles. The second-order valence-corrected chi connectivity index (χ2v) is 16.6. The summed E-state index contributed by atoms with van der Waals surface area (Å²) in [6, 6.07) is 28.2. The minimum atomic E-state index is -0.883. The molecule has 0 radical (unpaired) electrons. The fraction of sp³-hybridized carbons (Fsp3) is 0.347. The molecule has 3 fully saturated rings. The zero-order valence-corrected chi connectivity index (χ0v) is 35.9. The van der Waals surface area contributed by atoms with Crippen LogP contribution in [-0.2, 0) is 23.8 Å². The number of carbonyl (C=O) groups is 4. The molecule has 0 aliphatic carbocycles. The summed E-state index contributed by atoms with van der Waals surface area (Å²) in [7, 11) is 2.59. The van der Waals surface area contributed by atoms with Gasteiger partial charge in [0.1, 0.15) is 23.7 Å². The number of amides is 4. The summed E-state index contributed by atoms with van der Waals surface area (Å²) < 4.78 is 15.2. The number of fused-ring (bicyclic) bond motifs is 1. The van der Waals surface area contributed by atoms with Gasteiger partial charge in [0.25, 0.3) is 5.91 Å². The van der Waals surface area contributed by atoms with E-state index in [0.29, 0.717) is 50.5 Å². The monoisotopic (exact) mass is 864 g/mol. The highest BCUT2D eigenvalue weighted by molar-refractivity contribution is 5.91. The van der Waals surface area contributed by atoms with E-state index in [1.54, 1.807) is 4.90 Å². The number of H-pyrrole nitrogens is 2. The van der Waals surface area contributed by atoms with Crippen LogP contribution in [0.3, 0.4) is 0 Å². The number of aromatic nitrogens is 4. The predicted octanol–water partition coefficient (Wildman–Crippen LogP) is 7.86. The van der Waals surface area contributed by atoms with Crippen LogP contribution >= 0.6 is 0 Å². The number of hydrogen-bond acceptors (Lipinski definition) is 9. The van der Waals surface area contributed by atoms with Crippen molar-refractivity contribution in [3.05, 3.63) is 121 Å². The van der Waals surface area contributed by atoms with Crippen LogP contribution in [0.5, 0.6) is 0 Å². The molecular formula is C49H52N8O7. The van der Waals surface area contributed by atoms with Crippen molar-refractivity contribution in [1.29, 1.82) is 0 Å². The van der Waals surface area contributed by atoms with Gasteiger partial charge in [0, 0.05) is 38.1 Å². The maximum Gasteiger partial charge on any atom is 0.407 e. The number of rotatable bonds is 11. The highest BCUT2D eigenvalue weighted by Crippen LogP contribution is 2.37. The number of nitrogens with one attached hydrogen (secondary N) is 4. The number of likely N-dealkylation sites (tertiary alicyclic amines) is 2. The molecule has 15 heteroatoms. The van der Waals surface area contributed by atoms with Crippen LogP contribution in [0.4, 0.5) is 9.59 Å². The topological polar surface area (TPSA) is 184 Å². The van der Waals surface area contributed by atoms with E-state index < -0.39 is 24.3 Å². The molecule has 5 heterocycles.